The van der Waals surface area contributed by atoms with Gasteiger partial charge in [-0.25, -0.2) is 0 Å². The Labute approximate surface area is 309 Å². The first-order chi connectivity index (χ1) is 25.3. The molecular weight excluding hydrogens is 678 g/mol. The molecule has 5 aromatic rings. The molecular formula is C41H49N3O9. The van der Waals surface area contributed by atoms with Crippen molar-refractivity contribution < 1.29 is 45.6 Å². The van der Waals surface area contributed by atoms with Gasteiger partial charge in [-0.1, -0.05) is 72.8 Å². The predicted octanol–water partition coefficient (Wildman–Crippen LogP) is 5.03. The number of ketones is 1. The highest BCUT2D eigenvalue weighted by Crippen LogP contribution is 2.29. The van der Waals surface area contributed by atoms with Crippen LogP contribution in [0.4, 0.5) is 0 Å². The molecule has 0 aromatic heterocycles. The molecule has 0 bridgehead atoms. The first-order valence-electron chi connectivity index (χ1n) is 16.8. The Hall–Kier alpha value is -5.63. The van der Waals surface area contributed by atoms with Crippen molar-refractivity contribution in [2.24, 2.45) is 0 Å². The van der Waals surface area contributed by atoms with Gasteiger partial charge in [0.25, 0.3) is 0 Å². The minimum atomic E-state index is -0.713. The maximum Gasteiger partial charge on any atom is 0.176 e. The highest BCUT2D eigenvalue weighted by Gasteiger charge is 2.14. The van der Waals surface area contributed by atoms with Gasteiger partial charge in [-0.15, -0.1) is 0 Å². The second-order valence-corrected chi connectivity index (χ2v) is 12.6. The minimum absolute atomic E-state index is 0.0984. The number of phenolic OH excluding ortho intramolecular Hbond substituents is 6. The fraction of sp³-hybridized carbons (Fsp3) is 0.244. The third kappa shape index (κ3) is 14.1. The van der Waals surface area contributed by atoms with Gasteiger partial charge in [-0.05, 0) is 85.9 Å². The third-order valence-electron chi connectivity index (χ3n) is 7.95. The van der Waals surface area contributed by atoms with Crippen LogP contribution in [0, 0.1) is 0 Å². The number of carbonyl (C=O) groups excluding carboxylic acids is 1. The van der Waals surface area contributed by atoms with Crippen molar-refractivity contribution in [2.75, 3.05) is 40.8 Å². The molecule has 0 radical (unpaired) electrons. The number of Topliss-reactive ketones (excluding diaryl/α,β-unsaturated/α-hetero) is 1. The number of aromatic hydroxyl groups is 6. The minimum Gasteiger partial charge on any atom is -0.504 e. The first-order valence-corrected chi connectivity index (χ1v) is 16.8. The topological polar surface area (TPSA) is 197 Å². The van der Waals surface area contributed by atoms with Crippen LogP contribution < -0.4 is 5.32 Å². The van der Waals surface area contributed by atoms with E-state index < -0.39 is 12.2 Å². The summed E-state index contributed by atoms with van der Waals surface area (Å²) in [6.45, 7) is 2.51. The van der Waals surface area contributed by atoms with Crippen LogP contribution in [-0.4, -0.2) is 97.2 Å². The van der Waals surface area contributed by atoms with Crippen LogP contribution in [0.5, 0.6) is 34.5 Å². The van der Waals surface area contributed by atoms with Gasteiger partial charge in [0.2, 0.25) is 0 Å². The Morgan fingerprint density at radius 1 is 0.566 bits per heavy atom. The van der Waals surface area contributed by atoms with E-state index in [0.717, 1.165) is 12.1 Å². The molecule has 0 spiro atoms. The van der Waals surface area contributed by atoms with E-state index in [4.69, 9.17) is 10.2 Å². The zero-order valence-electron chi connectivity index (χ0n) is 30.0. The molecule has 0 saturated heterocycles. The number of benzene rings is 5. The molecule has 0 aliphatic carbocycles. The van der Waals surface area contributed by atoms with Gasteiger partial charge in [0.1, 0.15) is 0 Å². The molecule has 2 unspecified atom stereocenters. The summed E-state index contributed by atoms with van der Waals surface area (Å²) in [5.74, 6) is -1.39. The second-order valence-electron chi connectivity index (χ2n) is 12.6. The molecule has 5 aromatic carbocycles. The number of likely N-dealkylation sites (N-methyl/N-ethyl adjacent to an activating group) is 3. The van der Waals surface area contributed by atoms with Gasteiger partial charge >= 0.3 is 0 Å². The second kappa shape index (κ2) is 21.0. The predicted molar refractivity (Wildman–Crippen MR) is 203 cm³/mol. The van der Waals surface area contributed by atoms with Crippen LogP contribution in [0.1, 0.15) is 44.8 Å². The van der Waals surface area contributed by atoms with E-state index in [0.29, 0.717) is 36.3 Å². The summed E-state index contributed by atoms with van der Waals surface area (Å²) in [7, 11) is 5.52. The number of nitrogens with zero attached hydrogens (tertiary/aromatic N) is 2. The van der Waals surface area contributed by atoms with Gasteiger partial charge in [-0.3, -0.25) is 14.6 Å². The Balaban J connectivity index is 0.000000220. The average molecular weight is 728 g/mol. The number of hydrogen-bond donors (Lipinski definition) is 9. The summed E-state index contributed by atoms with van der Waals surface area (Å²) < 4.78 is 0. The Kier molecular flexibility index (Phi) is 16.6. The number of hydrogen-bond acceptors (Lipinski definition) is 12. The lowest BCUT2D eigenvalue weighted by Crippen LogP contribution is -2.25. The SMILES string of the molecule is CN(CC(=O)c1ccc(O)c(O)c1)Cc1ccccc1.CN(Cc1ccccc1)CC(O)c1ccc(O)c(O)c1.CNCC(O)c1ccc(O)c(O)c1. The Morgan fingerprint density at radius 3 is 1.45 bits per heavy atom. The van der Waals surface area contributed by atoms with Crippen molar-refractivity contribution in [2.45, 2.75) is 25.3 Å². The quantitative estimate of drug-likeness (QED) is 0.0581. The lowest BCUT2D eigenvalue weighted by molar-refractivity contribution is 0.0942. The van der Waals surface area contributed by atoms with Crippen molar-refractivity contribution in [3.8, 4) is 34.5 Å². The van der Waals surface area contributed by atoms with E-state index in [1.165, 1.54) is 48.0 Å². The average Bonchev–Trinajstić information content (AvgIpc) is 3.13. The van der Waals surface area contributed by atoms with Crippen LogP contribution in [-0.2, 0) is 13.1 Å². The largest absolute Gasteiger partial charge is 0.504 e. The van der Waals surface area contributed by atoms with Crippen LogP contribution in [0.15, 0.2) is 115 Å². The fourth-order valence-corrected chi connectivity index (χ4v) is 5.15. The normalized spacial score (nSPS) is 11.9. The van der Waals surface area contributed by atoms with Gasteiger partial charge < -0.3 is 46.2 Å². The van der Waals surface area contributed by atoms with Gasteiger partial charge in [0.15, 0.2) is 40.3 Å². The maximum absolute atomic E-state index is 12.1. The molecule has 0 heterocycles. The summed E-state index contributed by atoms with van der Waals surface area (Å²) in [6, 6.07) is 32.6. The maximum atomic E-state index is 12.1. The summed E-state index contributed by atoms with van der Waals surface area (Å²) in [4.78, 5) is 16.0. The highest BCUT2D eigenvalue weighted by molar-refractivity contribution is 5.98. The molecule has 53 heavy (non-hydrogen) atoms. The number of nitrogens with one attached hydrogen (secondary N) is 1. The van der Waals surface area contributed by atoms with E-state index in [1.807, 2.05) is 84.6 Å². The molecule has 9 N–H and O–H groups in total. The number of aliphatic hydroxyl groups is 2. The molecule has 5 rings (SSSR count). The molecule has 0 aliphatic heterocycles. The van der Waals surface area contributed by atoms with Gasteiger partial charge in [0, 0.05) is 31.7 Å². The lowest BCUT2D eigenvalue weighted by atomic mass is 10.1. The smallest absolute Gasteiger partial charge is 0.176 e. The van der Waals surface area contributed by atoms with Crippen molar-refractivity contribution >= 4 is 5.78 Å². The monoisotopic (exact) mass is 727 g/mol. The summed E-state index contributed by atoms with van der Waals surface area (Å²) in [5.41, 5.74) is 3.86. The standard InChI is InChI=1S/C16H19NO3.C16H17NO3.C9H13NO3/c2*1-17(10-12-5-3-2-4-6-12)11-16(20)13-7-8-14(18)15(19)9-13;1-10-5-9(13)6-2-3-7(11)8(12)4-6/h2-9,16,18-20H,10-11H2,1H3;2-9,18-19H,10-11H2,1H3;2-4,9-13H,5H2,1H3. The third-order valence-corrected chi connectivity index (χ3v) is 7.95. The number of aliphatic hydroxyl groups excluding tert-OH is 2. The lowest BCUT2D eigenvalue weighted by Gasteiger charge is -2.21. The zero-order chi connectivity index (χ0) is 38.9. The Bertz CT molecular complexity index is 1860. The van der Waals surface area contributed by atoms with Gasteiger partial charge in [0.05, 0.1) is 18.8 Å². The van der Waals surface area contributed by atoms with E-state index in [-0.39, 0.29) is 46.8 Å². The summed E-state index contributed by atoms with van der Waals surface area (Å²) in [5, 5.41) is 77.9. The van der Waals surface area contributed by atoms with E-state index in [1.54, 1.807) is 19.2 Å². The van der Waals surface area contributed by atoms with Crippen LogP contribution in [0.25, 0.3) is 0 Å². The fourth-order valence-electron chi connectivity index (χ4n) is 5.15. The highest BCUT2D eigenvalue weighted by atomic mass is 16.3. The molecule has 0 fully saturated rings. The molecule has 2 atom stereocenters. The number of carbonyl (C=O) groups is 1. The van der Waals surface area contributed by atoms with Crippen molar-refractivity contribution in [1.29, 1.82) is 0 Å². The van der Waals surface area contributed by atoms with Crippen LogP contribution in [0.2, 0.25) is 0 Å². The van der Waals surface area contributed by atoms with Crippen molar-refractivity contribution in [3.05, 3.63) is 143 Å². The van der Waals surface area contributed by atoms with E-state index in [2.05, 4.69) is 5.32 Å². The van der Waals surface area contributed by atoms with Crippen molar-refractivity contribution in [1.82, 2.24) is 15.1 Å². The molecule has 282 valence electrons. The number of rotatable bonds is 13. The van der Waals surface area contributed by atoms with E-state index >= 15 is 0 Å². The van der Waals surface area contributed by atoms with Crippen LogP contribution in [0.3, 0.4) is 0 Å². The zero-order valence-corrected chi connectivity index (χ0v) is 30.0. The summed E-state index contributed by atoms with van der Waals surface area (Å²) in [6.07, 6.45) is -1.38. The number of phenols is 6. The molecule has 0 aliphatic rings. The molecule has 0 saturated carbocycles. The summed E-state index contributed by atoms with van der Waals surface area (Å²) >= 11 is 0. The van der Waals surface area contributed by atoms with Gasteiger partial charge in [-0.2, -0.15) is 0 Å². The molecule has 12 nitrogen and oxygen atoms in total. The van der Waals surface area contributed by atoms with Crippen LogP contribution >= 0.6 is 0 Å². The molecule has 0 amide bonds. The Morgan fingerprint density at radius 2 is 1.00 bits per heavy atom. The van der Waals surface area contributed by atoms with Crippen molar-refractivity contribution in [3.63, 3.8) is 0 Å². The molecule has 12 heteroatoms. The first kappa shape index (κ1) is 41.8. The van der Waals surface area contributed by atoms with E-state index in [9.17, 15) is 35.4 Å².